The predicted molar refractivity (Wildman–Crippen MR) is 98.6 cm³/mol. The van der Waals surface area contributed by atoms with Crippen molar-refractivity contribution in [2.45, 2.75) is 49.7 Å². The summed E-state index contributed by atoms with van der Waals surface area (Å²) < 4.78 is 26.6. The lowest BCUT2D eigenvalue weighted by molar-refractivity contribution is -0.123. The Morgan fingerprint density at radius 3 is 2.80 bits per heavy atom. The Balaban J connectivity index is 0.00000225. The molecule has 25 heavy (non-hydrogen) atoms. The zero-order chi connectivity index (χ0) is 17.3. The average molecular weight is 387 g/mol. The van der Waals surface area contributed by atoms with Crippen LogP contribution in [0.4, 0.5) is 0 Å². The van der Waals surface area contributed by atoms with E-state index in [9.17, 15) is 13.2 Å². The summed E-state index contributed by atoms with van der Waals surface area (Å²) in [5, 5.41) is 6.33. The molecule has 0 saturated carbocycles. The molecule has 0 bridgehead atoms. The highest BCUT2D eigenvalue weighted by molar-refractivity contribution is 7.90. The monoisotopic (exact) mass is 386 g/mol. The Hall–Kier alpha value is -1.64. The maximum Gasteiger partial charge on any atom is 0.263 e. The highest BCUT2D eigenvalue weighted by Gasteiger charge is 2.31. The lowest BCUT2D eigenvalue weighted by Gasteiger charge is -2.31. The first kappa shape index (κ1) is 19.7. The van der Waals surface area contributed by atoms with Gasteiger partial charge in [-0.05, 0) is 45.4 Å². The summed E-state index contributed by atoms with van der Waals surface area (Å²) in [4.78, 5) is 16.9. The molecule has 1 aromatic carbocycles. The smallest absolute Gasteiger partial charge is 0.263 e. The number of sulfonamides is 1. The summed E-state index contributed by atoms with van der Waals surface area (Å²) in [6, 6.07) is 6.23. The summed E-state index contributed by atoms with van der Waals surface area (Å²) in [7, 11) is -3.58. The van der Waals surface area contributed by atoms with Crippen molar-refractivity contribution in [1.82, 2.24) is 15.4 Å². The first-order valence-corrected chi connectivity index (χ1v) is 9.60. The second-order valence-electron chi connectivity index (χ2n) is 6.26. The van der Waals surface area contributed by atoms with Crippen molar-refractivity contribution >= 4 is 34.2 Å². The van der Waals surface area contributed by atoms with Gasteiger partial charge in [-0.3, -0.25) is 14.5 Å². The quantitative estimate of drug-likeness (QED) is 0.715. The van der Waals surface area contributed by atoms with Crippen LogP contribution in [0.5, 0.6) is 0 Å². The van der Waals surface area contributed by atoms with E-state index in [4.69, 9.17) is 0 Å². The Morgan fingerprint density at radius 2 is 2.08 bits per heavy atom. The van der Waals surface area contributed by atoms with Gasteiger partial charge in [-0.15, -0.1) is 12.4 Å². The topological polar surface area (TPSA) is 99.7 Å². The summed E-state index contributed by atoms with van der Waals surface area (Å²) in [6.07, 6.45) is 1.95. The number of fused-ring (bicyclic) bond motifs is 1. The highest BCUT2D eigenvalue weighted by atomic mass is 35.5. The van der Waals surface area contributed by atoms with Crippen molar-refractivity contribution in [2.24, 2.45) is 4.99 Å². The third kappa shape index (κ3) is 4.13. The normalized spacial score (nSPS) is 26.9. The second-order valence-corrected chi connectivity index (χ2v) is 7.91. The minimum Gasteiger partial charge on any atom is -0.350 e. The molecule has 0 spiro atoms. The number of hydrogen-bond donors (Lipinski definition) is 3. The fraction of sp³-hybridized carbons (Fsp3) is 0.500. The Labute approximate surface area is 154 Å². The van der Waals surface area contributed by atoms with Gasteiger partial charge < -0.3 is 10.6 Å². The second kappa shape index (κ2) is 7.72. The first-order chi connectivity index (χ1) is 11.4. The van der Waals surface area contributed by atoms with Gasteiger partial charge >= 0.3 is 0 Å². The van der Waals surface area contributed by atoms with Crippen LogP contribution in [-0.2, 0) is 14.8 Å². The summed E-state index contributed by atoms with van der Waals surface area (Å²) in [6.45, 7) is 4.67. The molecule has 2 heterocycles. The Kier molecular flexibility index (Phi) is 6.08. The van der Waals surface area contributed by atoms with Gasteiger partial charge in [-0.1, -0.05) is 12.1 Å². The molecule has 9 heteroatoms. The molecule has 2 aliphatic heterocycles. The number of carbonyl (C=O) groups is 1. The van der Waals surface area contributed by atoms with Crippen molar-refractivity contribution < 1.29 is 13.2 Å². The predicted octanol–water partition coefficient (Wildman–Crippen LogP) is 0.792. The minimum absolute atomic E-state index is 0. The molecule has 1 amide bonds. The van der Waals surface area contributed by atoms with E-state index in [0.29, 0.717) is 5.56 Å². The summed E-state index contributed by atoms with van der Waals surface area (Å²) >= 11 is 0. The number of carbonyl (C=O) groups excluding carboxylic acids is 1. The van der Waals surface area contributed by atoms with Crippen LogP contribution in [0.3, 0.4) is 0 Å². The van der Waals surface area contributed by atoms with Gasteiger partial charge in [-0.2, -0.15) is 0 Å². The van der Waals surface area contributed by atoms with Gasteiger partial charge in [0.2, 0.25) is 5.91 Å². The van der Waals surface area contributed by atoms with E-state index >= 15 is 0 Å². The summed E-state index contributed by atoms with van der Waals surface area (Å²) in [5.74, 6) is 0.0229. The van der Waals surface area contributed by atoms with Crippen LogP contribution in [0, 0.1) is 0 Å². The first-order valence-electron chi connectivity index (χ1n) is 8.12. The molecular weight excluding hydrogens is 364 g/mol. The highest BCUT2D eigenvalue weighted by Crippen LogP contribution is 2.22. The largest absolute Gasteiger partial charge is 0.350 e. The number of nitrogens with one attached hydrogen (secondary N) is 3. The van der Waals surface area contributed by atoms with Crippen LogP contribution in [-0.4, -0.2) is 44.8 Å². The number of amidine groups is 1. The Morgan fingerprint density at radius 1 is 1.36 bits per heavy atom. The molecule has 1 saturated heterocycles. The van der Waals surface area contributed by atoms with Crippen LogP contribution in [0.1, 0.15) is 32.3 Å². The van der Waals surface area contributed by atoms with E-state index in [0.717, 1.165) is 19.4 Å². The van der Waals surface area contributed by atoms with Gasteiger partial charge in [0.15, 0.2) is 0 Å². The Bertz CT molecular complexity index is 781. The standard InChI is InChI=1S/C16H22N4O3S.ClH/c1-10-13(7-5-9-17-10)19-16(21)11(2)18-15-12-6-3-4-8-14(12)24(22,23)20-15;/h3-4,6,8,10-11,13,17H,5,7,9H2,1-2H3,(H,18,20)(H,19,21);1H. The molecular formula is C16H23ClN4O3S. The van der Waals surface area contributed by atoms with Crippen molar-refractivity contribution in [3.8, 4) is 0 Å². The molecule has 0 aromatic heterocycles. The molecule has 3 unspecified atom stereocenters. The SMILES string of the molecule is CC(N=C1NS(=O)(=O)c2ccccc21)C(=O)NC1CCCNC1C.Cl. The number of benzene rings is 1. The van der Waals surface area contributed by atoms with Crippen LogP contribution in [0.2, 0.25) is 0 Å². The molecule has 3 rings (SSSR count). The zero-order valence-electron chi connectivity index (χ0n) is 14.2. The molecule has 7 nitrogen and oxygen atoms in total. The van der Waals surface area contributed by atoms with Gasteiger partial charge in [-0.25, -0.2) is 8.42 Å². The van der Waals surface area contributed by atoms with E-state index in [2.05, 4.69) is 20.3 Å². The molecule has 138 valence electrons. The number of nitrogens with zero attached hydrogens (tertiary/aromatic N) is 1. The van der Waals surface area contributed by atoms with Crippen LogP contribution >= 0.6 is 12.4 Å². The van der Waals surface area contributed by atoms with E-state index in [1.165, 1.54) is 6.07 Å². The molecule has 3 atom stereocenters. The number of hydrogen-bond acceptors (Lipinski definition) is 5. The third-order valence-corrected chi connectivity index (χ3v) is 5.85. The van der Waals surface area contributed by atoms with E-state index in [-0.39, 0.29) is 41.1 Å². The van der Waals surface area contributed by atoms with Crippen LogP contribution in [0.25, 0.3) is 0 Å². The maximum absolute atomic E-state index is 12.4. The van der Waals surface area contributed by atoms with Gasteiger partial charge in [0.05, 0.1) is 4.90 Å². The van der Waals surface area contributed by atoms with Crippen molar-refractivity contribution in [3.05, 3.63) is 29.8 Å². The average Bonchev–Trinajstić information content (AvgIpc) is 2.81. The third-order valence-electron chi connectivity index (χ3n) is 4.45. The number of rotatable bonds is 3. The van der Waals surface area contributed by atoms with Gasteiger partial charge in [0.1, 0.15) is 11.9 Å². The molecule has 1 aromatic rings. The molecule has 1 fully saturated rings. The maximum atomic E-state index is 12.4. The van der Waals surface area contributed by atoms with Gasteiger partial charge in [0, 0.05) is 17.6 Å². The number of halogens is 1. The summed E-state index contributed by atoms with van der Waals surface area (Å²) in [5.41, 5.74) is 0.504. The molecule has 0 radical (unpaired) electrons. The van der Waals surface area contributed by atoms with E-state index in [1.54, 1.807) is 25.1 Å². The molecule has 2 aliphatic rings. The number of amides is 1. The zero-order valence-corrected chi connectivity index (χ0v) is 15.8. The van der Waals surface area contributed by atoms with Crippen LogP contribution < -0.4 is 15.4 Å². The van der Waals surface area contributed by atoms with Crippen molar-refractivity contribution in [3.63, 3.8) is 0 Å². The number of piperidine rings is 1. The fourth-order valence-corrected chi connectivity index (χ4v) is 4.27. The van der Waals surface area contributed by atoms with E-state index < -0.39 is 16.1 Å². The van der Waals surface area contributed by atoms with Crippen molar-refractivity contribution in [1.29, 1.82) is 0 Å². The minimum atomic E-state index is -3.58. The number of aliphatic imine (C=N–C) groups is 1. The lowest BCUT2D eigenvalue weighted by atomic mass is 9.99. The van der Waals surface area contributed by atoms with E-state index in [1.807, 2.05) is 6.92 Å². The van der Waals surface area contributed by atoms with Gasteiger partial charge in [0.25, 0.3) is 10.0 Å². The molecule has 3 N–H and O–H groups in total. The van der Waals surface area contributed by atoms with Crippen LogP contribution in [0.15, 0.2) is 34.2 Å². The molecule has 0 aliphatic carbocycles. The fourth-order valence-electron chi connectivity index (χ4n) is 3.03. The van der Waals surface area contributed by atoms with Crippen molar-refractivity contribution in [2.75, 3.05) is 6.54 Å². The lowest BCUT2D eigenvalue weighted by Crippen LogP contribution is -2.53.